The van der Waals surface area contributed by atoms with Crippen molar-refractivity contribution in [2.75, 3.05) is 51.8 Å². The summed E-state index contributed by atoms with van der Waals surface area (Å²) in [5.74, 6) is 1.13. The van der Waals surface area contributed by atoms with Crippen LogP contribution in [0.15, 0.2) is 57.9 Å². The van der Waals surface area contributed by atoms with Gasteiger partial charge in [-0.15, -0.1) is 0 Å². The molecule has 1 aromatic heterocycles. The van der Waals surface area contributed by atoms with Gasteiger partial charge in [-0.25, -0.2) is 8.42 Å². The number of nitrogens with one attached hydrogen (secondary N) is 1. The van der Waals surface area contributed by atoms with Gasteiger partial charge in [0.25, 0.3) is 0 Å². The molecule has 11 nitrogen and oxygen atoms in total. The van der Waals surface area contributed by atoms with Crippen molar-refractivity contribution in [2.45, 2.75) is 24.3 Å². The van der Waals surface area contributed by atoms with Crippen LogP contribution in [0.3, 0.4) is 0 Å². The monoisotopic (exact) mass is 541 g/mol. The van der Waals surface area contributed by atoms with E-state index in [0.717, 1.165) is 5.56 Å². The minimum Gasteiger partial charge on any atom is -0.495 e. The highest BCUT2D eigenvalue weighted by Gasteiger charge is 2.29. The van der Waals surface area contributed by atoms with Crippen LogP contribution in [0.25, 0.3) is 11.4 Å². The van der Waals surface area contributed by atoms with Crippen LogP contribution in [0.4, 0.5) is 5.69 Å². The van der Waals surface area contributed by atoms with Gasteiger partial charge in [-0.2, -0.15) is 9.29 Å². The highest BCUT2D eigenvalue weighted by atomic mass is 32.2. The molecule has 0 saturated carbocycles. The first-order chi connectivity index (χ1) is 18.4. The van der Waals surface area contributed by atoms with E-state index in [4.69, 9.17) is 14.0 Å². The number of likely N-dealkylation sites (tertiary alicyclic amines) is 1. The van der Waals surface area contributed by atoms with Gasteiger partial charge < -0.3 is 19.3 Å². The van der Waals surface area contributed by atoms with Gasteiger partial charge in [0.2, 0.25) is 27.6 Å². The molecule has 202 valence electrons. The lowest BCUT2D eigenvalue weighted by molar-refractivity contribution is -0.121. The maximum absolute atomic E-state index is 13.1. The number of piperidine rings is 1. The number of nitrogens with zero attached hydrogens (tertiary/aromatic N) is 4. The third-order valence-electron chi connectivity index (χ3n) is 6.85. The van der Waals surface area contributed by atoms with Crippen molar-refractivity contribution in [1.82, 2.24) is 19.3 Å². The fourth-order valence-corrected chi connectivity index (χ4v) is 6.12. The van der Waals surface area contributed by atoms with Crippen LogP contribution in [0.1, 0.15) is 18.7 Å². The molecule has 1 N–H and O–H groups in total. The van der Waals surface area contributed by atoms with Crippen molar-refractivity contribution < 1.29 is 27.2 Å². The molecule has 2 fully saturated rings. The van der Waals surface area contributed by atoms with Crippen LogP contribution in [0.5, 0.6) is 5.75 Å². The standard InChI is InChI=1S/C26H31N5O6S/c1-35-23-8-7-21(38(33,34)31-13-15-36-16-14-31)17-22(23)27-26(32)20-9-11-30(12-10-20)18-24-28-25(29-37-24)19-5-3-2-4-6-19/h2-8,17,20H,9-16,18H2,1H3,(H,27,32). The molecule has 2 aliphatic heterocycles. The fourth-order valence-electron chi connectivity index (χ4n) is 4.68. The molecule has 3 heterocycles. The minimum atomic E-state index is -3.70. The van der Waals surface area contributed by atoms with Crippen molar-refractivity contribution in [3.8, 4) is 17.1 Å². The Morgan fingerprint density at radius 1 is 1.08 bits per heavy atom. The van der Waals surface area contributed by atoms with E-state index in [1.165, 1.54) is 23.5 Å². The Labute approximate surface area is 221 Å². The van der Waals surface area contributed by atoms with E-state index >= 15 is 0 Å². The number of hydrogen-bond donors (Lipinski definition) is 1. The number of hydrogen-bond acceptors (Lipinski definition) is 9. The van der Waals surface area contributed by atoms with Crippen LogP contribution in [0.2, 0.25) is 0 Å². The average Bonchev–Trinajstić information content (AvgIpc) is 3.43. The summed E-state index contributed by atoms with van der Waals surface area (Å²) in [6.07, 6.45) is 1.30. The molecule has 3 aromatic rings. The number of morpholine rings is 1. The van der Waals surface area contributed by atoms with Crippen molar-refractivity contribution in [2.24, 2.45) is 5.92 Å². The van der Waals surface area contributed by atoms with Gasteiger partial charge >= 0.3 is 0 Å². The van der Waals surface area contributed by atoms with E-state index in [9.17, 15) is 13.2 Å². The molecule has 12 heteroatoms. The number of aromatic nitrogens is 2. The molecule has 0 unspecified atom stereocenters. The van der Waals surface area contributed by atoms with Crippen molar-refractivity contribution in [3.63, 3.8) is 0 Å². The zero-order chi connectivity index (χ0) is 26.5. The van der Waals surface area contributed by atoms with Crippen LogP contribution < -0.4 is 10.1 Å². The summed E-state index contributed by atoms with van der Waals surface area (Å²) in [5.41, 5.74) is 1.24. The van der Waals surface area contributed by atoms with Crippen LogP contribution in [-0.4, -0.2) is 80.2 Å². The smallest absolute Gasteiger partial charge is 0.243 e. The lowest BCUT2D eigenvalue weighted by Crippen LogP contribution is -2.40. The summed E-state index contributed by atoms with van der Waals surface area (Å²) in [6, 6.07) is 14.2. The molecule has 2 aromatic carbocycles. The lowest BCUT2D eigenvalue weighted by atomic mass is 9.96. The normalized spacial score (nSPS) is 17.8. The predicted octanol–water partition coefficient (Wildman–Crippen LogP) is 2.62. The summed E-state index contributed by atoms with van der Waals surface area (Å²) < 4.78 is 43.7. The van der Waals surface area contributed by atoms with Gasteiger partial charge in [-0.3, -0.25) is 9.69 Å². The van der Waals surface area contributed by atoms with Gasteiger partial charge in [0.1, 0.15) is 5.75 Å². The van der Waals surface area contributed by atoms with Gasteiger partial charge in [0, 0.05) is 24.6 Å². The third-order valence-corrected chi connectivity index (χ3v) is 8.75. The number of benzene rings is 2. The highest BCUT2D eigenvalue weighted by molar-refractivity contribution is 7.89. The van der Waals surface area contributed by atoms with Crippen LogP contribution in [0, 0.1) is 5.92 Å². The minimum absolute atomic E-state index is 0.111. The summed E-state index contributed by atoms with van der Waals surface area (Å²) in [7, 11) is -2.22. The van der Waals surface area contributed by atoms with E-state index in [1.54, 1.807) is 6.07 Å². The third kappa shape index (κ3) is 5.88. The number of rotatable bonds is 8. The number of amides is 1. The fraction of sp³-hybridized carbons (Fsp3) is 0.423. The first kappa shape index (κ1) is 26.3. The number of anilines is 1. The van der Waals surface area contributed by atoms with E-state index in [0.29, 0.717) is 81.9 Å². The molecule has 2 saturated heterocycles. The second-order valence-corrected chi connectivity index (χ2v) is 11.2. The first-order valence-corrected chi connectivity index (χ1v) is 14.1. The molecule has 0 bridgehead atoms. The second kappa shape index (κ2) is 11.6. The summed E-state index contributed by atoms with van der Waals surface area (Å²) in [4.78, 5) is 19.9. The Morgan fingerprint density at radius 3 is 2.53 bits per heavy atom. The molecular weight excluding hydrogens is 510 g/mol. The molecule has 0 spiro atoms. The van der Waals surface area contributed by atoms with Gasteiger partial charge in [0.15, 0.2) is 0 Å². The number of carbonyl (C=O) groups is 1. The predicted molar refractivity (Wildman–Crippen MR) is 139 cm³/mol. The molecular formula is C26H31N5O6S. The Hall–Kier alpha value is -3.32. The molecule has 2 aliphatic rings. The maximum atomic E-state index is 13.1. The SMILES string of the molecule is COc1ccc(S(=O)(=O)N2CCOCC2)cc1NC(=O)C1CCN(Cc2nc(-c3ccccc3)no2)CC1. The maximum Gasteiger partial charge on any atom is 0.243 e. The van der Waals surface area contributed by atoms with Crippen molar-refractivity contribution >= 4 is 21.6 Å². The van der Waals surface area contributed by atoms with Crippen LogP contribution >= 0.6 is 0 Å². The number of sulfonamides is 1. The van der Waals surface area contributed by atoms with Gasteiger partial charge in [-0.05, 0) is 44.1 Å². The topological polar surface area (TPSA) is 127 Å². The van der Waals surface area contributed by atoms with E-state index < -0.39 is 10.0 Å². The Balaban J connectivity index is 1.19. The van der Waals surface area contributed by atoms with E-state index in [1.807, 2.05) is 30.3 Å². The van der Waals surface area contributed by atoms with E-state index in [2.05, 4.69) is 20.4 Å². The zero-order valence-corrected chi connectivity index (χ0v) is 22.0. The number of ether oxygens (including phenoxy) is 2. The molecule has 0 atom stereocenters. The summed E-state index contributed by atoms with van der Waals surface area (Å²) in [6.45, 7) is 3.23. The Bertz CT molecular complexity index is 1350. The second-order valence-electron chi connectivity index (χ2n) is 9.30. The van der Waals surface area contributed by atoms with Gasteiger partial charge in [0.05, 0.1) is 37.5 Å². The quantitative estimate of drug-likeness (QED) is 0.458. The lowest BCUT2D eigenvalue weighted by Gasteiger charge is -2.30. The Kier molecular flexibility index (Phi) is 8.03. The van der Waals surface area contributed by atoms with Crippen molar-refractivity contribution in [1.29, 1.82) is 0 Å². The largest absolute Gasteiger partial charge is 0.495 e. The summed E-state index contributed by atoms with van der Waals surface area (Å²) >= 11 is 0. The van der Waals surface area contributed by atoms with Crippen LogP contribution in [-0.2, 0) is 26.1 Å². The molecule has 5 rings (SSSR count). The van der Waals surface area contributed by atoms with Gasteiger partial charge in [-0.1, -0.05) is 35.5 Å². The van der Waals surface area contributed by atoms with E-state index in [-0.39, 0.29) is 16.7 Å². The summed E-state index contributed by atoms with van der Waals surface area (Å²) in [5, 5.41) is 6.97. The highest BCUT2D eigenvalue weighted by Crippen LogP contribution is 2.31. The molecule has 0 radical (unpaired) electrons. The molecule has 38 heavy (non-hydrogen) atoms. The number of carbonyl (C=O) groups excluding carboxylic acids is 1. The number of methoxy groups -OCH3 is 1. The zero-order valence-electron chi connectivity index (χ0n) is 21.2. The molecule has 0 aliphatic carbocycles. The molecule has 1 amide bonds. The average molecular weight is 542 g/mol. The Morgan fingerprint density at radius 2 is 1.82 bits per heavy atom. The first-order valence-electron chi connectivity index (χ1n) is 12.6. The van der Waals surface area contributed by atoms with Crippen molar-refractivity contribution in [3.05, 3.63) is 54.4 Å².